The third kappa shape index (κ3) is 5.44. The molecule has 1 fully saturated rings. The molecule has 1 unspecified atom stereocenters. The normalized spacial score (nSPS) is 18.4. The van der Waals surface area contributed by atoms with Gasteiger partial charge in [0.05, 0.1) is 18.8 Å². The van der Waals surface area contributed by atoms with Crippen molar-refractivity contribution in [3.63, 3.8) is 0 Å². The monoisotopic (exact) mass is 289 g/mol. The van der Waals surface area contributed by atoms with Crippen LogP contribution in [0.1, 0.15) is 69.0 Å². The smallest absolute Gasteiger partial charge is 0.0665 e. The number of benzene rings is 1. The predicted molar refractivity (Wildman–Crippen MR) is 89.7 cm³/mol. The zero-order valence-electron chi connectivity index (χ0n) is 13.7. The molecule has 0 amide bonds. The van der Waals surface area contributed by atoms with Crippen LogP contribution in [0.2, 0.25) is 0 Å². The molecule has 1 aliphatic rings. The number of hydrogen-bond acceptors (Lipinski definition) is 2. The summed E-state index contributed by atoms with van der Waals surface area (Å²) >= 11 is 0. The first-order valence-electron chi connectivity index (χ1n) is 8.71. The van der Waals surface area contributed by atoms with Gasteiger partial charge in [-0.3, -0.25) is 0 Å². The summed E-state index contributed by atoms with van der Waals surface area (Å²) in [4.78, 5) is 0. The standard InChI is InChI=1S/C19H31NO/c1-3-8-16-11-13-17(14-12-16)19(20-2)15-21-18-9-6-4-5-7-10-18/h11-14,18-20H,3-10,15H2,1-2H3. The first kappa shape index (κ1) is 16.5. The van der Waals surface area contributed by atoms with Crippen molar-refractivity contribution in [2.24, 2.45) is 0 Å². The molecule has 2 rings (SSSR count). The Morgan fingerprint density at radius 2 is 1.76 bits per heavy atom. The minimum absolute atomic E-state index is 0.309. The van der Waals surface area contributed by atoms with Gasteiger partial charge in [-0.25, -0.2) is 0 Å². The molecule has 1 aromatic rings. The van der Waals surface area contributed by atoms with E-state index in [0.29, 0.717) is 12.1 Å². The van der Waals surface area contributed by atoms with Crippen LogP contribution in [0.3, 0.4) is 0 Å². The highest BCUT2D eigenvalue weighted by molar-refractivity contribution is 5.25. The Balaban J connectivity index is 1.86. The molecule has 118 valence electrons. The van der Waals surface area contributed by atoms with E-state index in [9.17, 15) is 0 Å². The molecule has 1 N–H and O–H groups in total. The van der Waals surface area contributed by atoms with E-state index in [-0.39, 0.29) is 0 Å². The van der Waals surface area contributed by atoms with Crippen LogP contribution in [-0.4, -0.2) is 19.8 Å². The fourth-order valence-corrected chi connectivity index (χ4v) is 3.19. The molecule has 2 nitrogen and oxygen atoms in total. The van der Waals surface area contributed by atoms with E-state index in [1.807, 2.05) is 7.05 Å². The highest BCUT2D eigenvalue weighted by Gasteiger charge is 2.16. The zero-order chi connectivity index (χ0) is 14.9. The van der Waals surface area contributed by atoms with Crippen molar-refractivity contribution in [2.45, 2.75) is 70.4 Å². The molecule has 0 aliphatic heterocycles. The lowest BCUT2D eigenvalue weighted by atomic mass is 10.0. The predicted octanol–water partition coefficient (Wildman–Crippen LogP) is 4.64. The summed E-state index contributed by atoms with van der Waals surface area (Å²) in [6.45, 7) is 3.01. The molecule has 1 saturated carbocycles. The van der Waals surface area contributed by atoms with Gasteiger partial charge in [-0.1, -0.05) is 63.3 Å². The Labute approximate surface area is 130 Å². The molecular weight excluding hydrogens is 258 g/mol. The van der Waals surface area contributed by atoms with Gasteiger partial charge in [-0.2, -0.15) is 0 Å². The quantitative estimate of drug-likeness (QED) is 0.738. The second kappa shape index (κ2) is 9.22. The number of ether oxygens (including phenoxy) is 1. The lowest BCUT2D eigenvalue weighted by Crippen LogP contribution is -2.25. The Hall–Kier alpha value is -0.860. The van der Waals surface area contributed by atoms with Gasteiger partial charge in [0.15, 0.2) is 0 Å². The van der Waals surface area contributed by atoms with Crippen molar-refractivity contribution in [2.75, 3.05) is 13.7 Å². The molecule has 1 aromatic carbocycles. The largest absolute Gasteiger partial charge is 0.376 e. The van der Waals surface area contributed by atoms with Gasteiger partial charge in [-0.05, 0) is 37.4 Å². The van der Waals surface area contributed by atoms with E-state index in [1.165, 1.54) is 62.5 Å². The van der Waals surface area contributed by atoms with Crippen LogP contribution in [0.15, 0.2) is 24.3 Å². The summed E-state index contributed by atoms with van der Waals surface area (Å²) in [5.41, 5.74) is 2.77. The molecule has 0 bridgehead atoms. The van der Waals surface area contributed by atoms with Crippen LogP contribution in [0.4, 0.5) is 0 Å². The summed E-state index contributed by atoms with van der Waals surface area (Å²) in [5.74, 6) is 0. The fraction of sp³-hybridized carbons (Fsp3) is 0.684. The van der Waals surface area contributed by atoms with E-state index >= 15 is 0 Å². The van der Waals surface area contributed by atoms with Gasteiger partial charge in [0.2, 0.25) is 0 Å². The highest BCUT2D eigenvalue weighted by atomic mass is 16.5. The minimum Gasteiger partial charge on any atom is -0.376 e. The fourth-order valence-electron chi connectivity index (χ4n) is 3.19. The van der Waals surface area contributed by atoms with Gasteiger partial charge in [0.25, 0.3) is 0 Å². The first-order chi connectivity index (χ1) is 10.3. The van der Waals surface area contributed by atoms with E-state index in [2.05, 4.69) is 36.5 Å². The lowest BCUT2D eigenvalue weighted by Gasteiger charge is -2.22. The Morgan fingerprint density at radius 1 is 1.10 bits per heavy atom. The molecular formula is C19H31NO. The second-order valence-electron chi connectivity index (χ2n) is 6.28. The summed E-state index contributed by atoms with van der Waals surface area (Å²) in [6, 6.07) is 9.33. The maximum atomic E-state index is 6.19. The van der Waals surface area contributed by atoms with Gasteiger partial charge < -0.3 is 10.1 Å². The van der Waals surface area contributed by atoms with Crippen molar-refractivity contribution in [1.29, 1.82) is 0 Å². The molecule has 0 spiro atoms. The molecule has 1 atom stereocenters. The molecule has 21 heavy (non-hydrogen) atoms. The maximum Gasteiger partial charge on any atom is 0.0665 e. The van der Waals surface area contributed by atoms with Crippen molar-refractivity contribution in [3.05, 3.63) is 35.4 Å². The van der Waals surface area contributed by atoms with Gasteiger partial charge in [-0.15, -0.1) is 0 Å². The van der Waals surface area contributed by atoms with Gasteiger partial charge in [0.1, 0.15) is 0 Å². The Kier molecular flexibility index (Phi) is 7.25. The number of rotatable bonds is 7. The van der Waals surface area contributed by atoms with E-state index < -0.39 is 0 Å². The van der Waals surface area contributed by atoms with Crippen molar-refractivity contribution in [3.8, 4) is 0 Å². The van der Waals surface area contributed by atoms with E-state index in [1.54, 1.807) is 0 Å². The molecule has 0 radical (unpaired) electrons. The van der Waals surface area contributed by atoms with Crippen LogP contribution in [-0.2, 0) is 11.2 Å². The number of hydrogen-bond donors (Lipinski definition) is 1. The summed E-state index contributed by atoms with van der Waals surface area (Å²) in [6.07, 6.45) is 10.8. The SMILES string of the molecule is CCCc1ccc(C(COC2CCCCCC2)NC)cc1. The van der Waals surface area contributed by atoms with Gasteiger partial charge in [0, 0.05) is 0 Å². The molecule has 1 aliphatic carbocycles. The zero-order valence-corrected chi connectivity index (χ0v) is 13.7. The number of aryl methyl sites for hydroxylation is 1. The Morgan fingerprint density at radius 3 is 2.33 bits per heavy atom. The summed E-state index contributed by atoms with van der Waals surface area (Å²) in [7, 11) is 2.03. The molecule has 0 heterocycles. The first-order valence-corrected chi connectivity index (χ1v) is 8.71. The number of likely N-dealkylation sites (N-methyl/N-ethyl adjacent to an activating group) is 1. The average molecular weight is 289 g/mol. The van der Waals surface area contributed by atoms with Crippen LogP contribution in [0.25, 0.3) is 0 Å². The Bertz CT molecular complexity index is 379. The van der Waals surface area contributed by atoms with Crippen molar-refractivity contribution < 1.29 is 4.74 Å². The summed E-state index contributed by atoms with van der Waals surface area (Å²) in [5, 5.41) is 3.40. The van der Waals surface area contributed by atoms with Crippen molar-refractivity contribution >= 4 is 0 Å². The van der Waals surface area contributed by atoms with Crippen LogP contribution >= 0.6 is 0 Å². The van der Waals surface area contributed by atoms with Gasteiger partial charge >= 0.3 is 0 Å². The van der Waals surface area contributed by atoms with Crippen LogP contribution in [0.5, 0.6) is 0 Å². The van der Waals surface area contributed by atoms with Crippen LogP contribution in [0, 0.1) is 0 Å². The molecule has 2 heteroatoms. The van der Waals surface area contributed by atoms with E-state index in [0.717, 1.165) is 6.61 Å². The third-order valence-corrected chi connectivity index (χ3v) is 4.57. The average Bonchev–Trinajstić information content (AvgIpc) is 2.78. The molecule has 0 saturated heterocycles. The lowest BCUT2D eigenvalue weighted by molar-refractivity contribution is 0.0300. The topological polar surface area (TPSA) is 21.3 Å². The summed E-state index contributed by atoms with van der Waals surface area (Å²) < 4.78 is 6.19. The second-order valence-corrected chi connectivity index (χ2v) is 6.28. The number of nitrogens with one attached hydrogen (secondary N) is 1. The highest BCUT2D eigenvalue weighted by Crippen LogP contribution is 2.22. The van der Waals surface area contributed by atoms with E-state index in [4.69, 9.17) is 4.74 Å². The molecule has 0 aromatic heterocycles. The minimum atomic E-state index is 0.309. The van der Waals surface area contributed by atoms with Crippen LogP contribution < -0.4 is 5.32 Å². The third-order valence-electron chi connectivity index (χ3n) is 4.57. The van der Waals surface area contributed by atoms with Crippen molar-refractivity contribution in [1.82, 2.24) is 5.32 Å². The maximum absolute atomic E-state index is 6.19.